The zero-order valence-corrected chi connectivity index (χ0v) is 19.6. The van der Waals surface area contributed by atoms with Gasteiger partial charge in [-0.1, -0.05) is 51.0 Å². The largest absolute Gasteiger partial charge is 0.441 e. The fourth-order valence-electron chi connectivity index (χ4n) is 4.88. The summed E-state index contributed by atoms with van der Waals surface area (Å²) in [6, 6.07) is 16.7. The third-order valence-corrected chi connectivity index (χ3v) is 6.80. The van der Waals surface area contributed by atoms with E-state index in [4.69, 9.17) is 8.83 Å². The third-order valence-electron chi connectivity index (χ3n) is 6.80. The molecule has 2 fully saturated rings. The fraction of sp³-hybridized carbons (Fsp3) is 0.500. The van der Waals surface area contributed by atoms with Gasteiger partial charge in [0, 0.05) is 26.1 Å². The second kappa shape index (κ2) is 11.5. The van der Waals surface area contributed by atoms with Crippen LogP contribution < -0.4 is 4.90 Å². The molecule has 6 heteroatoms. The first kappa shape index (κ1) is 24.3. The number of para-hydroxylation sites is 4. The molecule has 1 saturated carbocycles. The number of anilines is 1. The summed E-state index contributed by atoms with van der Waals surface area (Å²) < 4.78 is 11.6. The predicted molar refractivity (Wildman–Crippen MR) is 139 cm³/mol. The Morgan fingerprint density at radius 1 is 0.765 bits per heavy atom. The molecule has 0 spiro atoms. The van der Waals surface area contributed by atoms with E-state index in [0.717, 1.165) is 79.0 Å². The molecule has 3 heterocycles. The second-order valence-electron chi connectivity index (χ2n) is 9.39. The van der Waals surface area contributed by atoms with Crippen molar-refractivity contribution in [3.63, 3.8) is 0 Å². The van der Waals surface area contributed by atoms with Gasteiger partial charge in [-0.2, -0.15) is 4.98 Å². The second-order valence-corrected chi connectivity index (χ2v) is 9.39. The number of aromatic nitrogens is 2. The number of rotatable bonds is 3. The highest BCUT2D eigenvalue weighted by atomic mass is 16.4. The molecule has 1 aliphatic carbocycles. The van der Waals surface area contributed by atoms with Crippen molar-refractivity contribution in [1.82, 2.24) is 14.9 Å². The van der Waals surface area contributed by atoms with Crippen molar-refractivity contribution < 1.29 is 8.83 Å². The smallest absolute Gasteiger partial charge is 0.298 e. The maximum absolute atomic E-state index is 5.79. The highest BCUT2D eigenvalue weighted by Crippen LogP contribution is 2.27. The summed E-state index contributed by atoms with van der Waals surface area (Å²) in [5.74, 6) is 1.72. The first-order valence-corrected chi connectivity index (χ1v) is 12.4. The molecule has 2 aromatic carbocycles. The number of oxazole rings is 2. The van der Waals surface area contributed by atoms with Gasteiger partial charge in [-0.25, -0.2) is 4.98 Å². The van der Waals surface area contributed by atoms with E-state index in [-0.39, 0.29) is 7.43 Å². The van der Waals surface area contributed by atoms with Crippen molar-refractivity contribution in [2.45, 2.75) is 52.4 Å². The van der Waals surface area contributed by atoms with Crippen molar-refractivity contribution in [2.75, 3.05) is 38.1 Å². The summed E-state index contributed by atoms with van der Waals surface area (Å²) in [5, 5.41) is 0. The summed E-state index contributed by atoms with van der Waals surface area (Å²) in [6.07, 6.45) is 9.04. The number of hydrogen-bond acceptors (Lipinski definition) is 6. The number of nitrogens with zero attached hydrogens (tertiary/aromatic N) is 4. The molecule has 1 aliphatic heterocycles. The van der Waals surface area contributed by atoms with Crippen molar-refractivity contribution in [3.05, 3.63) is 54.4 Å². The van der Waals surface area contributed by atoms with E-state index in [1.165, 1.54) is 32.1 Å². The third kappa shape index (κ3) is 5.98. The van der Waals surface area contributed by atoms with Gasteiger partial charge in [-0.15, -0.1) is 0 Å². The van der Waals surface area contributed by atoms with Crippen molar-refractivity contribution in [2.24, 2.45) is 5.92 Å². The molecule has 0 radical (unpaired) electrons. The van der Waals surface area contributed by atoms with E-state index < -0.39 is 0 Å². The molecule has 4 aromatic rings. The van der Waals surface area contributed by atoms with E-state index in [1.54, 1.807) is 0 Å². The molecule has 2 aliphatic rings. The van der Waals surface area contributed by atoms with Crippen LogP contribution in [0.15, 0.2) is 57.4 Å². The molecule has 2 aromatic heterocycles. The van der Waals surface area contributed by atoms with E-state index in [9.17, 15) is 0 Å². The topological polar surface area (TPSA) is 58.5 Å². The van der Waals surface area contributed by atoms with Crippen LogP contribution in [0.3, 0.4) is 0 Å². The minimum absolute atomic E-state index is 0. The van der Waals surface area contributed by atoms with Crippen LogP contribution in [0.25, 0.3) is 22.2 Å². The molecule has 0 atom stereocenters. The van der Waals surface area contributed by atoms with Crippen LogP contribution in [-0.2, 0) is 6.42 Å². The van der Waals surface area contributed by atoms with Gasteiger partial charge in [0.2, 0.25) is 0 Å². The summed E-state index contributed by atoms with van der Waals surface area (Å²) in [7, 11) is 2.16. The summed E-state index contributed by atoms with van der Waals surface area (Å²) in [4.78, 5) is 13.7. The van der Waals surface area contributed by atoms with Crippen LogP contribution in [0, 0.1) is 5.92 Å². The Balaban J connectivity index is 0.000000157. The average Bonchev–Trinajstić information content (AvgIpc) is 3.39. The van der Waals surface area contributed by atoms with Gasteiger partial charge in [-0.05, 0) is 63.0 Å². The lowest BCUT2D eigenvalue weighted by Gasteiger charge is -2.19. The van der Waals surface area contributed by atoms with Gasteiger partial charge in [0.15, 0.2) is 17.1 Å². The Labute approximate surface area is 203 Å². The van der Waals surface area contributed by atoms with E-state index in [0.29, 0.717) is 0 Å². The zero-order valence-electron chi connectivity index (χ0n) is 19.6. The average molecular weight is 463 g/mol. The van der Waals surface area contributed by atoms with Crippen LogP contribution in [0.4, 0.5) is 6.01 Å². The first-order valence-electron chi connectivity index (χ1n) is 12.4. The molecular formula is C28H38N4O2. The highest BCUT2D eigenvalue weighted by Gasteiger charge is 2.18. The molecule has 1 saturated heterocycles. The fourth-order valence-corrected chi connectivity index (χ4v) is 4.88. The summed E-state index contributed by atoms with van der Waals surface area (Å²) >= 11 is 0. The highest BCUT2D eigenvalue weighted by molar-refractivity contribution is 5.74. The van der Waals surface area contributed by atoms with Gasteiger partial charge in [0.05, 0.1) is 0 Å². The molecule has 0 unspecified atom stereocenters. The van der Waals surface area contributed by atoms with Crippen LogP contribution >= 0.6 is 0 Å². The lowest BCUT2D eigenvalue weighted by molar-refractivity contribution is 0.332. The molecule has 0 bridgehead atoms. The first-order chi connectivity index (χ1) is 16.2. The lowest BCUT2D eigenvalue weighted by atomic mass is 9.87. The predicted octanol–water partition coefficient (Wildman–Crippen LogP) is 6.56. The standard InChI is InChI=1S/C14H17NO.C13H17N3O.CH4/c1-2-6-11(7-3-1)10-14-15-12-8-4-5-9-13(12)16-14;1-15-7-4-8-16(10-9-15)13-14-11-5-2-3-6-12(11)17-13;/h4-5,8-9,11H,1-3,6-7,10H2;2-3,5-6H,4,7-10H2,1H3;1H4. The van der Waals surface area contributed by atoms with Crippen LogP contribution in [0.5, 0.6) is 0 Å². The number of benzene rings is 2. The normalized spacial score (nSPS) is 17.7. The quantitative estimate of drug-likeness (QED) is 0.344. The molecule has 0 N–H and O–H groups in total. The zero-order chi connectivity index (χ0) is 22.5. The molecule has 34 heavy (non-hydrogen) atoms. The SMILES string of the molecule is C.CN1CCCN(c2nc3ccccc3o2)CC1.c1ccc2oc(CC3CCCCC3)nc2c1. The minimum atomic E-state index is 0. The number of hydrogen-bond donors (Lipinski definition) is 0. The Bertz CT molecular complexity index is 1100. The van der Waals surface area contributed by atoms with Gasteiger partial charge in [0.25, 0.3) is 6.01 Å². The van der Waals surface area contributed by atoms with E-state index >= 15 is 0 Å². The Morgan fingerprint density at radius 2 is 1.44 bits per heavy atom. The monoisotopic (exact) mass is 462 g/mol. The van der Waals surface area contributed by atoms with Crippen molar-refractivity contribution in [3.8, 4) is 0 Å². The van der Waals surface area contributed by atoms with Crippen molar-refractivity contribution >= 4 is 28.2 Å². The Kier molecular flexibility index (Phi) is 8.22. The van der Waals surface area contributed by atoms with E-state index in [2.05, 4.69) is 26.8 Å². The number of fused-ring (bicyclic) bond motifs is 2. The summed E-state index contributed by atoms with van der Waals surface area (Å²) in [5.41, 5.74) is 3.74. The van der Waals surface area contributed by atoms with Gasteiger partial charge < -0.3 is 18.6 Å². The van der Waals surface area contributed by atoms with Crippen LogP contribution in [0.1, 0.15) is 51.8 Å². The molecule has 6 nitrogen and oxygen atoms in total. The lowest BCUT2D eigenvalue weighted by Crippen LogP contribution is -2.28. The maximum atomic E-state index is 5.79. The maximum Gasteiger partial charge on any atom is 0.298 e. The van der Waals surface area contributed by atoms with Crippen LogP contribution in [-0.4, -0.2) is 48.1 Å². The summed E-state index contributed by atoms with van der Waals surface area (Å²) in [6.45, 7) is 4.23. The molecule has 0 amide bonds. The molecular weight excluding hydrogens is 424 g/mol. The van der Waals surface area contributed by atoms with Gasteiger partial charge in [0.1, 0.15) is 11.0 Å². The van der Waals surface area contributed by atoms with Crippen LogP contribution in [0.2, 0.25) is 0 Å². The van der Waals surface area contributed by atoms with E-state index in [1.807, 2.05) is 48.5 Å². The molecule has 182 valence electrons. The van der Waals surface area contributed by atoms with Gasteiger partial charge in [-0.3, -0.25) is 0 Å². The van der Waals surface area contributed by atoms with Crippen molar-refractivity contribution in [1.29, 1.82) is 0 Å². The Morgan fingerprint density at radius 3 is 2.15 bits per heavy atom. The molecule has 6 rings (SSSR count). The Hall–Kier alpha value is -2.86. The number of likely N-dealkylation sites (N-methyl/N-ethyl adjacent to an activating group) is 1. The minimum Gasteiger partial charge on any atom is -0.441 e. The van der Waals surface area contributed by atoms with Gasteiger partial charge >= 0.3 is 0 Å².